The quantitative estimate of drug-likeness (QED) is 0.615. The molecule has 0 spiro atoms. The van der Waals surface area contributed by atoms with Gasteiger partial charge < -0.3 is 14.5 Å². The van der Waals surface area contributed by atoms with Crippen molar-refractivity contribution in [2.24, 2.45) is 0 Å². The van der Waals surface area contributed by atoms with Crippen molar-refractivity contribution in [3.05, 3.63) is 88.9 Å². The number of carbonyl (C=O) groups is 1. The van der Waals surface area contributed by atoms with Crippen molar-refractivity contribution in [3.63, 3.8) is 0 Å². The molecule has 140 valence electrons. The van der Waals surface area contributed by atoms with Crippen LogP contribution >= 0.6 is 0 Å². The van der Waals surface area contributed by atoms with Gasteiger partial charge in [0.1, 0.15) is 18.1 Å². The molecule has 3 aromatic rings. The van der Waals surface area contributed by atoms with Crippen molar-refractivity contribution in [1.82, 2.24) is 5.32 Å². The zero-order valence-electron chi connectivity index (χ0n) is 16.0. The molecule has 3 rings (SSSR count). The van der Waals surface area contributed by atoms with Gasteiger partial charge in [0.05, 0.1) is 6.04 Å². The van der Waals surface area contributed by atoms with Crippen LogP contribution in [0.5, 0.6) is 5.75 Å². The molecule has 1 atom stereocenters. The van der Waals surface area contributed by atoms with Gasteiger partial charge in [-0.05, 0) is 61.2 Å². The lowest BCUT2D eigenvalue weighted by molar-refractivity contribution is 0.0903. The molecule has 0 saturated carbocycles. The van der Waals surface area contributed by atoms with E-state index in [1.807, 2.05) is 55.5 Å². The highest BCUT2D eigenvalue weighted by atomic mass is 16.5. The second kappa shape index (κ2) is 8.58. The number of carbonyl (C=O) groups excluding carboxylic acids is 1. The van der Waals surface area contributed by atoms with Crippen LogP contribution in [0, 0.1) is 13.8 Å². The summed E-state index contributed by atoms with van der Waals surface area (Å²) >= 11 is 0. The normalized spacial score (nSPS) is 11.8. The van der Waals surface area contributed by atoms with Gasteiger partial charge in [0.15, 0.2) is 5.76 Å². The van der Waals surface area contributed by atoms with E-state index in [1.54, 1.807) is 12.1 Å². The van der Waals surface area contributed by atoms with E-state index < -0.39 is 0 Å². The summed E-state index contributed by atoms with van der Waals surface area (Å²) in [4.78, 5) is 12.5. The molecule has 4 heteroatoms. The largest absolute Gasteiger partial charge is 0.486 e. The standard InChI is InChI=1S/C23H25NO3/c1-4-21(18-8-6-5-7-9-18)24-23(25)22-13-12-20(27-22)15-26-19-11-10-16(2)17(3)14-19/h5-14,21H,4,15H2,1-3H3,(H,24,25). The van der Waals surface area contributed by atoms with Crippen LogP contribution in [0.1, 0.15) is 52.4 Å². The molecule has 0 bridgehead atoms. The first-order chi connectivity index (χ1) is 13.1. The predicted octanol–water partition coefficient (Wildman–Crippen LogP) is 5.36. The lowest BCUT2D eigenvalue weighted by atomic mass is 10.0. The Bertz CT molecular complexity index is 899. The first-order valence-corrected chi connectivity index (χ1v) is 9.21. The Morgan fingerprint density at radius 3 is 2.52 bits per heavy atom. The molecule has 2 aromatic carbocycles. The highest BCUT2D eigenvalue weighted by molar-refractivity contribution is 5.91. The number of hydrogen-bond donors (Lipinski definition) is 1. The Labute approximate surface area is 160 Å². The van der Waals surface area contributed by atoms with E-state index in [0.717, 1.165) is 17.7 Å². The molecule has 0 aliphatic heterocycles. The number of furan rings is 1. The molecule has 1 N–H and O–H groups in total. The number of hydrogen-bond acceptors (Lipinski definition) is 3. The minimum atomic E-state index is -0.219. The molecule has 27 heavy (non-hydrogen) atoms. The van der Waals surface area contributed by atoms with Gasteiger partial charge in [-0.15, -0.1) is 0 Å². The van der Waals surface area contributed by atoms with Crippen LogP contribution in [0.3, 0.4) is 0 Å². The summed E-state index contributed by atoms with van der Waals surface area (Å²) < 4.78 is 11.4. The summed E-state index contributed by atoms with van der Waals surface area (Å²) in [5.41, 5.74) is 3.49. The molecule has 0 fully saturated rings. The summed E-state index contributed by atoms with van der Waals surface area (Å²) in [6.45, 7) is 6.44. The van der Waals surface area contributed by atoms with Gasteiger partial charge in [0, 0.05) is 0 Å². The van der Waals surface area contributed by atoms with Gasteiger partial charge in [-0.1, -0.05) is 43.3 Å². The third-order valence-electron chi connectivity index (χ3n) is 4.66. The minimum absolute atomic E-state index is 0.0426. The van der Waals surface area contributed by atoms with Crippen molar-refractivity contribution in [1.29, 1.82) is 0 Å². The number of rotatable bonds is 7. The maximum Gasteiger partial charge on any atom is 0.287 e. The molecule has 1 aromatic heterocycles. The molecule has 1 unspecified atom stereocenters. The van der Waals surface area contributed by atoms with Gasteiger partial charge in [-0.25, -0.2) is 0 Å². The van der Waals surface area contributed by atoms with Crippen molar-refractivity contribution in [3.8, 4) is 5.75 Å². The predicted molar refractivity (Wildman–Crippen MR) is 106 cm³/mol. The number of amides is 1. The van der Waals surface area contributed by atoms with Crippen LogP contribution in [0.4, 0.5) is 0 Å². The Hall–Kier alpha value is -3.01. The van der Waals surface area contributed by atoms with E-state index in [-0.39, 0.29) is 18.6 Å². The van der Waals surface area contributed by atoms with Gasteiger partial charge in [-0.2, -0.15) is 0 Å². The topological polar surface area (TPSA) is 51.5 Å². The summed E-state index contributed by atoms with van der Waals surface area (Å²) in [7, 11) is 0. The second-order valence-electron chi connectivity index (χ2n) is 6.65. The molecule has 0 aliphatic carbocycles. The van der Waals surface area contributed by atoms with E-state index in [4.69, 9.17) is 9.15 Å². The fourth-order valence-electron chi connectivity index (χ4n) is 2.87. The third kappa shape index (κ3) is 4.79. The minimum Gasteiger partial charge on any atom is -0.486 e. The second-order valence-corrected chi connectivity index (χ2v) is 6.65. The van der Waals surface area contributed by atoms with E-state index in [2.05, 4.69) is 19.2 Å². The average molecular weight is 363 g/mol. The summed E-state index contributed by atoms with van der Waals surface area (Å²) in [5, 5.41) is 3.03. The Kier molecular flexibility index (Phi) is 5.97. The fraction of sp³-hybridized carbons (Fsp3) is 0.261. The molecule has 0 aliphatic rings. The average Bonchev–Trinajstić information content (AvgIpc) is 3.17. The van der Waals surface area contributed by atoms with Crippen molar-refractivity contribution >= 4 is 5.91 Å². The molecular formula is C23H25NO3. The van der Waals surface area contributed by atoms with Crippen LogP contribution in [-0.4, -0.2) is 5.91 Å². The highest BCUT2D eigenvalue weighted by Gasteiger charge is 2.17. The Morgan fingerprint density at radius 1 is 1.04 bits per heavy atom. The van der Waals surface area contributed by atoms with Crippen molar-refractivity contribution < 1.29 is 13.9 Å². The first-order valence-electron chi connectivity index (χ1n) is 9.21. The summed E-state index contributed by atoms with van der Waals surface area (Å²) in [6.07, 6.45) is 0.805. The number of benzene rings is 2. The van der Waals surface area contributed by atoms with Crippen LogP contribution in [0.25, 0.3) is 0 Å². The van der Waals surface area contributed by atoms with Crippen molar-refractivity contribution in [2.45, 2.75) is 39.8 Å². The maximum atomic E-state index is 12.5. The fourth-order valence-corrected chi connectivity index (χ4v) is 2.87. The van der Waals surface area contributed by atoms with Crippen LogP contribution in [-0.2, 0) is 6.61 Å². The third-order valence-corrected chi connectivity index (χ3v) is 4.66. The lowest BCUT2D eigenvalue weighted by Gasteiger charge is -2.16. The van der Waals surface area contributed by atoms with Crippen LogP contribution < -0.4 is 10.1 Å². The summed E-state index contributed by atoms with van der Waals surface area (Å²) in [5.74, 6) is 1.48. The van der Waals surface area contributed by atoms with E-state index in [9.17, 15) is 4.79 Å². The maximum absolute atomic E-state index is 12.5. The smallest absolute Gasteiger partial charge is 0.287 e. The molecule has 1 amide bonds. The SMILES string of the molecule is CCC(NC(=O)c1ccc(COc2ccc(C)c(C)c2)o1)c1ccccc1. The van der Waals surface area contributed by atoms with Crippen molar-refractivity contribution in [2.75, 3.05) is 0 Å². The molecular weight excluding hydrogens is 338 g/mol. The highest BCUT2D eigenvalue weighted by Crippen LogP contribution is 2.20. The molecule has 0 radical (unpaired) electrons. The Balaban J connectivity index is 1.60. The molecule has 1 heterocycles. The van der Waals surface area contributed by atoms with Crippen LogP contribution in [0.15, 0.2) is 65.1 Å². The zero-order chi connectivity index (χ0) is 19.2. The number of nitrogens with one attached hydrogen (secondary N) is 1. The lowest BCUT2D eigenvalue weighted by Crippen LogP contribution is -2.27. The van der Waals surface area contributed by atoms with E-state index in [0.29, 0.717) is 11.5 Å². The van der Waals surface area contributed by atoms with Crippen LogP contribution in [0.2, 0.25) is 0 Å². The molecule has 4 nitrogen and oxygen atoms in total. The monoisotopic (exact) mass is 363 g/mol. The zero-order valence-corrected chi connectivity index (χ0v) is 16.0. The summed E-state index contributed by atoms with van der Waals surface area (Å²) in [6, 6.07) is 19.3. The molecule has 0 saturated heterocycles. The van der Waals surface area contributed by atoms with E-state index >= 15 is 0 Å². The first kappa shape index (κ1) is 18.8. The Morgan fingerprint density at radius 2 is 1.81 bits per heavy atom. The number of ether oxygens (including phenoxy) is 1. The van der Waals surface area contributed by atoms with E-state index in [1.165, 1.54) is 11.1 Å². The van der Waals surface area contributed by atoms with Gasteiger partial charge >= 0.3 is 0 Å². The van der Waals surface area contributed by atoms with Gasteiger partial charge in [-0.3, -0.25) is 4.79 Å². The number of aryl methyl sites for hydroxylation is 2. The van der Waals surface area contributed by atoms with Gasteiger partial charge in [0.2, 0.25) is 0 Å². The van der Waals surface area contributed by atoms with Gasteiger partial charge in [0.25, 0.3) is 5.91 Å².